The first-order valence-electron chi connectivity index (χ1n) is 5.18. The number of nitrogen functional groups attached to an aromatic ring is 1. The molecule has 1 amide bonds. The van der Waals surface area contributed by atoms with E-state index in [0.29, 0.717) is 31.1 Å². The molecule has 5 nitrogen and oxygen atoms in total. The molecule has 1 heterocycles. The minimum atomic E-state index is 0.0441. The number of aromatic nitrogens is 1. The van der Waals surface area contributed by atoms with Gasteiger partial charge in [0, 0.05) is 32.1 Å². The molecule has 0 aliphatic heterocycles. The number of carbonyl (C=O) groups excluding carboxylic acids is 1. The van der Waals surface area contributed by atoms with Crippen LogP contribution in [0.1, 0.15) is 18.5 Å². The van der Waals surface area contributed by atoms with Crippen LogP contribution in [0.25, 0.3) is 0 Å². The predicted octanol–water partition coefficient (Wildman–Crippen LogP) is 0.811. The molecule has 0 aliphatic carbocycles. The topological polar surface area (TPSA) is 77.2 Å². The molecule has 3 N–H and O–H groups in total. The highest BCUT2D eigenvalue weighted by molar-refractivity contribution is 7.13. The van der Waals surface area contributed by atoms with Crippen molar-refractivity contribution >= 4 is 22.4 Å². The Balaban J connectivity index is 2.10. The van der Waals surface area contributed by atoms with Crippen molar-refractivity contribution in [3.8, 4) is 0 Å². The number of anilines is 1. The van der Waals surface area contributed by atoms with Gasteiger partial charge in [-0.05, 0) is 12.8 Å². The summed E-state index contributed by atoms with van der Waals surface area (Å²) in [7, 11) is 1.65. The maximum atomic E-state index is 11.4. The van der Waals surface area contributed by atoms with Gasteiger partial charge in [-0.3, -0.25) is 4.79 Å². The molecule has 0 spiro atoms. The van der Waals surface area contributed by atoms with E-state index in [0.717, 1.165) is 12.1 Å². The van der Waals surface area contributed by atoms with Gasteiger partial charge in [-0.2, -0.15) is 0 Å². The van der Waals surface area contributed by atoms with Gasteiger partial charge in [-0.15, -0.1) is 11.3 Å². The molecular formula is C10H17N3O2S. The van der Waals surface area contributed by atoms with Gasteiger partial charge >= 0.3 is 0 Å². The first kappa shape index (κ1) is 12.9. The SMILES string of the molecule is COCCCNC(=O)CCc1csc(N)n1. The summed E-state index contributed by atoms with van der Waals surface area (Å²) in [4.78, 5) is 15.5. The van der Waals surface area contributed by atoms with Crippen LogP contribution in [0, 0.1) is 0 Å². The molecule has 0 aliphatic rings. The van der Waals surface area contributed by atoms with Crippen LogP contribution in [0.3, 0.4) is 0 Å². The van der Waals surface area contributed by atoms with Gasteiger partial charge in [0.25, 0.3) is 0 Å². The van der Waals surface area contributed by atoms with E-state index in [2.05, 4.69) is 10.3 Å². The fraction of sp³-hybridized carbons (Fsp3) is 0.600. The van der Waals surface area contributed by atoms with Gasteiger partial charge in [-0.1, -0.05) is 0 Å². The van der Waals surface area contributed by atoms with Crippen LogP contribution < -0.4 is 11.1 Å². The van der Waals surface area contributed by atoms with Crippen molar-refractivity contribution in [2.45, 2.75) is 19.3 Å². The Kier molecular flexibility index (Phi) is 5.81. The predicted molar refractivity (Wildman–Crippen MR) is 64.4 cm³/mol. The molecule has 0 saturated carbocycles. The summed E-state index contributed by atoms with van der Waals surface area (Å²) in [6, 6.07) is 0. The third kappa shape index (κ3) is 5.09. The number of hydrogen-bond acceptors (Lipinski definition) is 5. The van der Waals surface area contributed by atoms with Crippen molar-refractivity contribution in [3.63, 3.8) is 0 Å². The molecule has 0 atom stereocenters. The number of thiazole rings is 1. The Morgan fingerprint density at radius 3 is 3.12 bits per heavy atom. The monoisotopic (exact) mass is 243 g/mol. The number of rotatable bonds is 7. The lowest BCUT2D eigenvalue weighted by atomic mass is 10.2. The summed E-state index contributed by atoms with van der Waals surface area (Å²) in [5.74, 6) is 0.0441. The van der Waals surface area contributed by atoms with E-state index in [-0.39, 0.29) is 5.91 Å². The van der Waals surface area contributed by atoms with Crippen LogP contribution in [-0.4, -0.2) is 31.2 Å². The molecule has 6 heteroatoms. The van der Waals surface area contributed by atoms with Gasteiger partial charge in [0.2, 0.25) is 5.91 Å². The number of aryl methyl sites for hydroxylation is 1. The lowest BCUT2D eigenvalue weighted by molar-refractivity contribution is -0.121. The number of methoxy groups -OCH3 is 1. The van der Waals surface area contributed by atoms with Crippen LogP contribution in [0.4, 0.5) is 5.13 Å². The van der Waals surface area contributed by atoms with Gasteiger partial charge in [-0.25, -0.2) is 4.98 Å². The van der Waals surface area contributed by atoms with Crippen molar-refractivity contribution in [3.05, 3.63) is 11.1 Å². The molecule has 0 unspecified atom stereocenters. The minimum absolute atomic E-state index is 0.0441. The van der Waals surface area contributed by atoms with Crippen LogP contribution in [0.5, 0.6) is 0 Å². The summed E-state index contributed by atoms with van der Waals surface area (Å²) >= 11 is 1.40. The fourth-order valence-electron chi connectivity index (χ4n) is 1.21. The Morgan fingerprint density at radius 1 is 1.69 bits per heavy atom. The summed E-state index contributed by atoms with van der Waals surface area (Å²) in [6.45, 7) is 1.33. The van der Waals surface area contributed by atoms with E-state index in [4.69, 9.17) is 10.5 Å². The van der Waals surface area contributed by atoms with Crippen LogP contribution in [0.2, 0.25) is 0 Å². The summed E-state index contributed by atoms with van der Waals surface area (Å²) in [6.07, 6.45) is 1.94. The highest BCUT2D eigenvalue weighted by Crippen LogP contribution is 2.12. The molecule has 0 saturated heterocycles. The van der Waals surface area contributed by atoms with Gasteiger partial charge in [0.05, 0.1) is 5.69 Å². The van der Waals surface area contributed by atoms with Crippen LogP contribution in [-0.2, 0) is 16.0 Å². The highest BCUT2D eigenvalue weighted by atomic mass is 32.1. The van der Waals surface area contributed by atoms with E-state index < -0.39 is 0 Å². The van der Waals surface area contributed by atoms with Crippen molar-refractivity contribution in [2.75, 3.05) is 26.0 Å². The molecule has 0 bridgehead atoms. The van der Waals surface area contributed by atoms with E-state index in [1.807, 2.05) is 5.38 Å². The van der Waals surface area contributed by atoms with Gasteiger partial charge in [0.1, 0.15) is 0 Å². The number of nitrogens with two attached hydrogens (primary N) is 1. The molecule has 1 rings (SSSR count). The fourth-order valence-corrected chi connectivity index (χ4v) is 1.81. The zero-order valence-electron chi connectivity index (χ0n) is 9.36. The second-order valence-electron chi connectivity index (χ2n) is 3.37. The van der Waals surface area contributed by atoms with Crippen LogP contribution in [0.15, 0.2) is 5.38 Å². The second-order valence-corrected chi connectivity index (χ2v) is 4.26. The normalized spacial score (nSPS) is 10.3. The van der Waals surface area contributed by atoms with E-state index in [9.17, 15) is 4.79 Å². The quantitative estimate of drug-likeness (QED) is 0.695. The number of amides is 1. The molecule has 1 aromatic heterocycles. The minimum Gasteiger partial charge on any atom is -0.385 e. The number of ether oxygens (including phenoxy) is 1. The number of carbonyl (C=O) groups is 1. The lowest BCUT2D eigenvalue weighted by Gasteiger charge is -2.03. The molecule has 16 heavy (non-hydrogen) atoms. The average Bonchev–Trinajstić information content (AvgIpc) is 2.68. The Labute approximate surface area is 99.0 Å². The van der Waals surface area contributed by atoms with Crippen molar-refractivity contribution in [2.24, 2.45) is 0 Å². The van der Waals surface area contributed by atoms with E-state index in [1.165, 1.54) is 11.3 Å². The first-order valence-corrected chi connectivity index (χ1v) is 6.06. The summed E-state index contributed by atoms with van der Waals surface area (Å²) < 4.78 is 4.88. The van der Waals surface area contributed by atoms with E-state index in [1.54, 1.807) is 7.11 Å². The Morgan fingerprint density at radius 2 is 2.50 bits per heavy atom. The van der Waals surface area contributed by atoms with Crippen molar-refractivity contribution in [1.29, 1.82) is 0 Å². The Hall–Kier alpha value is -1.14. The van der Waals surface area contributed by atoms with Crippen LogP contribution >= 0.6 is 11.3 Å². The smallest absolute Gasteiger partial charge is 0.220 e. The number of nitrogens with one attached hydrogen (secondary N) is 1. The number of hydrogen-bond donors (Lipinski definition) is 2. The zero-order valence-corrected chi connectivity index (χ0v) is 10.2. The molecule has 90 valence electrons. The summed E-state index contributed by atoms with van der Waals surface area (Å²) in [5.41, 5.74) is 6.38. The van der Waals surface area contributed by atoms with Gasteiger partial charge < -0.3 is 15.8 Å². The lowest BCUT2D eigenvalue weighted by Crippen LogP contribution is -2.25. The molecule has 0 aromatic carbocycles. The molecule has 1 aromatic rings. The van der Waals surface area contributed by atoms with Crippen molar-refractivity contribution in [1.82, 2.24) is 10.3 Å². The first-order chi connectivity index (χ1) is 7.72. The summed E-state index contributed by atoms with van der Waals surface area (Å²) in [5, 5.41) is 5.25. The third-order valence-corrected chi connectivity index (χ3v) is 2.75. The second kappa shape index (κ2) is 7.19. The zero-order chi connectivity index (χ0) is 11.8. The van der Waals surface area contributed by atoms with Crippen molar-refractivity contribution < 1.29 is 9.53 Å². The van der Waals surface area contributed by atoms with Gasteiger partial charge in [0.15, 0.2) is 5.13 Å². The largest absolute Gasteiger partial charge is 0.385 e. The average molecular weight is 243 g/mol. The maximum Gasteiger partial charge on any atom is 0.220 e. The molecule has 0 radical (unpaired) electrons. The molecule has 0 fully saturated rings. The Bertz CT molecular complexity index is 328. The van der Waals surface area contributed by atoms with E-state index >= 15 is 0 Å². The number of nitrogens with zero attached hydrogens (tertiary/aromatic N) is 1. The standard InChI is InChI=1S/C10H17N3O2S/c1-15-6-2-5-12-9(14)4-3-8-7-16-10(11)13-8/h7H,2-6H2,1H3,(H2,11,13)(H,12,14). The maximum absolute atomic E-state index is 11.4. The molecular weight excluding hydrogens is 226 g/mol. The third-order valence-electron chi connectivity index (χ3n) is 2.03. The highest BCUT2D eigenvalue weighted by Gasteiger charge is 2.04.